The number of nitrogens with zero attached hydrogens (tertiary/aromatic N) is 1. The van der Waals surface area contributed by atoms with Crippen LogP contribution >= 0.6 is 0 Å². The Morgan fingerprint density at radius 1 is 1.22 bits per heavy atom. The Kier molecular flexibility index (Phi) is 5.79. The van der Waals surface area contributed by atoms with Gasteiger partial charge < -0.3 is 15.0 Å². The van der Waals surface area contributed by atoms with Gasteiger partial charge in [-0.3, -0.25) is 9.59 Å². The molecule has 1 heterocycles. The van der Waals surface area contributed by atoms with Gasteiger partial charge in [0, 0.05) is 30.4 Å². The number of carbonyl (C=O) groups is 2. The van der Waals surface area contributed by atoms with Gasteiger partial charge in [-0.15, -0.1) is 0 Å². The summed E-state index contributed by atoms with van der Waals surface area (Å²) in [5, 5.41) is 2.98. The largest absolute Gasteiger partial charge is 0.484 e. The molecule has 2 aromatic rings. The first-order valence-corrected chi connectivity index (χ1v) is 9.38. The van der Waals surface area contributed by atoms with Gasteiger partial charge in [0.25, 0.3) is 5.91 Å². The number of ether oxygens (including phenoxy) is 1. The van der Waals surface area contributed by atoms with E-state index >= 15 is 0 Å². The van der Waals surface area contributed by atoms with Crippen LogP contribution in [0.2, 0.25) is 0 Å². The monoisotopic (exact) mass is 366 g/mol. The number of nitrogens with one attached hydrogen (secondary N) is 1. The first-order chi connectivity index (χ1) is 13.0. The average Bonchev–Trinajstić information content (AvgIpc) is 3.08. The molecule has 1 fully saturated rings. The number of hydrogen-bond donors (Lipinski definition) is 1. The Morgan fingerprint density at radius 3 is 2.70 bits per heavy atom. The predicted molar refractivity (Wildman–Crippen MR) is 107 cm³/mol. The van der Waals surface area contributed by atoms with Gasteiger partial charge in [-0.05, 0) is 42.5 Å². The Labute approximate surface area is 160 Å². The number of hydrogen-bond acceptors (Lipinski definition) is 3. The predicted octanol–water partition coefficient (Wildman–Crippen LogP) is 4.26. The van der Waals surface area contributed by atoms with E-state index in [1.807, 2.05) is 43.3 Å². The first-order valence-electron chi connectivity index (χ1n) is 9.38. The van der Waals surface area contributed by atoms with Crippen molar-refractivity contribution in [3.63, 3.8) is 0 Å². The Morgan fingerprint density at radius 2 is 2.00 bits per heavy atom. The van der Waals surface area contributed by atoms with Crippen molar-refractivity contribution in [2.45, 2.75) is 39.5 Å². The maximum Gasteiger partial charge on any atom is 0.262 e. The molecule has 0 saturated carbocycles. The van der Waals surface area contributed by atoms with Gasteiger partial charge in [0.1, 0.15) is 5.75 Å². The minimum Gasteiger partial charge on any atom is -0.484 e. The summed E-state index contributed by atoms with van der Waals surface area (Å²) < 4.78 is 5.67. The van der Waals surface area contributed by atoms with Gasteiger partial charge in [0.15, 0.2) is 6.61 Å². The molecule has 0 aromatic heterocycles. The fourth-order valence-electron chi connectivity index (χ4n) is 3.33. The zero-order valence-corrected chi connectivity index (χ0v) is 16.1. The molecule has 27 heavy (non-hydrogen) atoms. The molecule has 2 amide bonds. The van der Waals surface area contributed by atoms with Crippen molar-refractivity contribution in [1.82, 2.24) is 0 Å². The Hall–Kier alpha value is -2.82. The van der Waals surface area contributed by atoms with Crippen molar-refractivity contribution in [1.29, 1.82) is 0 Å². The summed E-state index contributed by atoms with van der Waals surface area (Å²) in [7, 11) is 0. The molecule has 1 N–H and O–H groups in total. The molecule has 1 aliphatic heterocycles. The second-order valence-electron chi connectivity index (χ2n) is 7.18. The molecule has 0 unspecified atom stereocenters. The highest BCUT2D eigenvalue weighted by atomic mass is 16.5. The number of carbonyl (C=O) groups excluding carboxylic acids is 2. The van der Waals surface area contributed by atoms with Crippen molar-refractivity contribution in [3.05, 3.63) is 53.6 Å². The van der Waals surface area contributed by atoms with Gasteiger partial charge in [-0.2, -0.15) is 0 Å². The lowest BCUT2D eigenvalue weighted by Crippen LogP contribution is -2.24. The number of aryl methyl sites for hydroxylation is 1. The summed E-state index contributed by atoms with van der Waals surface area (Å²) in [6, 6.07) is 13.4. The molecule has 1 aliphatic rings. The van der Waals surface area contributed by atoms with Crippen LogP contribution < -0.4 is 15.0 Å². The lowest BCUT2D eigenvalue weighted by atomic mass is 9.98. The number of benzene rings is 2. The molecule has 2 aromatic carbocycles. The summed E-state index contributed by atoms with van der Waals surface area (Å²) in [6.45, 7) is 6.84. The van der Waals surface area contributed by atoms with E-state index in [2.05, 4.69) is 19.2 Å². The van der Waals surface area contributed by atoms with Crippen molar-refractivity contribution in [2.24, 2.45) is 0 Å². The summed E-state index contributed by atoms with van der Waals surface area (Å²) in [5.74, 6) is 0.825. The van der Waals surface area contributed by atoms with Crippen molar-refractivity contribution < 1.29 is 14.3 Å². The molecule has 5 nitrogen and oxygen atoms in total. The smallest absolute Gasteiger partial charge is 0.262 e. The van der Waals surface area contributed by atoms with Gasteiger partial charge in [0.2, 0.25) is 5.91 Å². The van der Waals surface area contributed by atoms with Crippen LogP contribution in [0.25, 0.3) is 0 Å². The molecule has 1 saturated heterocycles. The van der Waals surface area contributed by atoms with Crippen LogP contribution in [0.15, 0.2) is 42.5 Å². The summed E-state index contributed by atoms with van der Waals surface area (Å²) in [4.78, 5) is 26.1. The van der Waals surface area contributed by atoms with Crippen LogP contribution in [-0.4, -0.2) is 25.0 Å². The van der Waals surface area contributed by atoms with Crippen molar-refractivity contribution >= 4 is 23.2 Å². The zero-order valence-electron chi connectivity index (χ0n) is 16.1. The molecule has 142 valence electrons. The molecule has 0 radical (unpaired) electrons. The van der Waals surface area contributed by atoms with Crippen LogP contribution in [-0.2, 0) is 9.59 Å². The van der Waals surface area contributed by atoms with E-state index in [4.69, 9.17) is 4.74 Å². The quantitative estimate of drug-likeness (QED) is 0.831. The Balaban J connectivity index is 1.64. The average molecular weight is 366 g/mol. The third-order valence-corrected chi connectivity index (χ3v) is 4.76. The van der Waals surface area contributed by atoms with Crippen LogP contribution in [0.5, 0.6) is 5.75 Å². The number of anilines is 2. The molecule has 5 heteroatoms. The topological polar surface area (TPSA) is 58.6 Å². The van der Waals surface area contributed by atoms with E-state index < -0.39 is 0 Å². The molecular weight excluding hydrogens is 340 g/mol. The van der Waals surface area contributed by atoms with E-state index in [1.54, 1.807) is 11.0 Å². The summed E-state index contributed by atoms with van der Waals surface area (Å²) >= 11 is 0. The highest BCUT2D eigenvalue weighted by molar-refractivity contribution is 5.95. The van der Waals surface area contributed by atoms with Crippen molar-refractivity contribution in [2.75, 3.05) is 23.4 Å². The minimum absolute atomic E-state index is 0.0801. The van der Waals surface area contributed by atoms with E-state index in [-0.39, 0.29) is 18.4 Å². The summed E-state index contributed by atoms with van der Waals surface area (Å²) in [5.41, 5.74) is 3.82. The standard InChI is InChI=1S/C22H26N2O3/c1-15(2)19-10-4-7-16(3)22(19)23-20(25)14-27-18-9-5-8-17(13-18)24-12-6-11-21(24)26/h4-5,7-10,13,15H,6,11-12,14H2,1-3H3,(H,23,25). The third kappa shape index (κ3) is 4.48. The molecule has 0 aliphatic carbocycles. The SMILES string of the molecule is Cc1cccc(C(C)C)c1NC(=O)COc1cccc(N2CCCC2=O)c1. The normalized spacial score (nSPS) is 13.9. The molecular formula is C22H26N2O3. The highest BCUT2D eigenvalue weighted by Crippen LogP contribution is 2.28. The maximum absolute atomic E-state index is 12.4. The first kappa shape index (κ1) is 19.0. The molecule has 0 spiro atoms. The molecule has 0 bridgehead atoms. The van der Waals surface area contributed by atoms with Crippen LogP contribution in [0.3, 0.4) is 0 Å². The van der Waals surface area contributed by atoms with E-state index in [9.17, 15) is 9.59 Å². The fourth-order valence-corrected chi connectivity index (χ4v) is 3.33. The van der Waals surface area contributed by atoms with E-state index in [0.717, 1.165) is 35.5 Å². The fraction of sp³-hybridized carbons (Fsp3) is 0.364. The third-order valence-electron chi connectivity index (χ3n) is 4.76. The van der Waals surface area contributed by atoms with Crippen LogP contribution in [0.4, 0.5) is 11.4 Å². The van der Waals surface area contributed by atoms with Gasteiger partial charge in [0.05, 0.1) is 0 Å². The second kappa shape index (κ2) is 8.25. The second-order valence-corrected chi connectivity index (χ2v) is 7.18. The van der Waals surface area contributed by atoms with Crippen molar-refractivity contribution in [3.8, 4) is 5.75 Å². The van der Waals surface area contributed by atoms with Crippen LogP contribution in [0.1, 0.15) is 43.7 Å². The van der Waals surface area contributed by atoms with Gasteiger partial charge >= 0.3 is 0 Å². The number of amides is 2. The lowest BCUT2D eigenvalue weighted by Gasteiger charge is -2.18. The Bertz CT molecular complexity index is 845. The zero-order chi connectivity index (χ0) is 19.4. The lowest BCUT2D eigenvalue weighted by molar-refractivity contribution is -0.118. The van der Waals surface area contributed by atoms with Crippen LogP contribution in [0, 0.1) is 6.92 Å². The molecule has 0 atom stereocenters. The number of para-hydroxylation sites is 1. The highest BCUT2D eigenvalue weighted by Gasteiger charge is 2.22. The van der Waals surface area contributed by atoms with Gasteiger partial charge in [-0.1, -0.05) is 38.1 Å². The van der Waals surface area contributed by atoms with E-state index in [0.29, 0.717) is 18.1 Å². The van der Waals surface area contributed by atoms with E-state index in [1.165, 1.54) is 0 Å². The molecule has 3 rings (SSSR count). The van der Waals surface area contributed by atoms with Gasteiger partial charge in [-0.25, -0.2) is 0 Å². The summed E-state index contributed by atoms with van der Waals surface area (Å²) in [6.07, 6.45) is 1.46. The minimum atomic E-state index is -0.200. The maximum atomic E-state index is 12.4. The number of rotatable bonds is 6.